The average Bonchev–Trinajstić information content (AvgIpc) is 2.97. The summed E-state index contributed by atoms with van der Waals surface area (Å²) in [5.41, 5.74) is 7.60. The predicted molar refractivity (Wildman–Crippen MR) is 155 cm³/mol. The highest BCUT2D eigenvalue weighted by Crippen LogP contribution is 2.42. The lowest BCUT2D eigenvalue weighted by molar-refractivity contribution is -0.145. The topological polar surface area (TPSA) is 111 Å². The van der Waals surface area contributed by atoms with Crippen molar-refractivity contribution in [1.29, 1.82) is 0 Å². The Morgan fingerprint density at radius 1 is 0.925 bits per heavy atom. The maximum absolute atomic E-state index is 14.5. The third-order valence-electron chi connectivity index (χ3n) is 9.48. The molecule has 2 aliphatic carbocycles. The lowest BCUT2D eigenvalue weighted by Crippen LogP contribution is -2.57. The molecule has 4 rings (SSSR count). The number of piperidine rings is 1. The molecule has 0 unspecified atom stereocenters. The smallest absolute Gasteiger partial charge is 0.243 e. The highest BCUT2D eigenvalue weighted by Gasteiger charge is 2.40. The Hall–Kier alpha value is -2.77. The molecule has 3 atom stereocenters. The van der Waals surface area contributed by atoms with Crippen molar-refractivity contribution in [3.05, 3.63) is 23.3 Å². The number of methoxy groups -OCH3 is 2. The first-order chi connectivity index (χ1) is 19.3. The molecule has 1 aliphatic heterocycles. The molecule has 0 spiro atoms. The van der Waals surface area contributed by atoms with E-state index in [2.05, 4.69) is 5.32 Å². The SMILES string of the molecule is COc1cc([C@@H](C(=O)N2CCCC[C@H]2C(=O)N[C@@H](CC2CCCCC2)C(N)=O)C2CCCCC2)cc(C)c1OC. The zero-order valence-corrected chi connectivity index (χ0v) is 24.7. The number of ether oxygens (including phenoxy) is 2. The van der Waals surface area contributed by atoms with E-state index in [0.29, 0.717) is 36.8 Å². The van der Waals surface area contributed by atoms with Gasteiger partial charge in [0.2, 0.25) is 17.7 Å². The lowest BCUT2D eigenvalue weighted by Gasteiger charge is -2.40. The number of nitrogens with one attached hydrogen (secondary N) is 1. The molecule has 8 nitrogen and oxygen atoms in total. The Morgan fingerprint density at radius 2 is 1.57 bits per heavy atom. The summed E-state index contributed by atoms with van der Waals surface area (Å²) in [4.78, 5) is 42.3. The van der Waals surface area contributed by atoms with E-state index in [1.54, 1.807) is 19.1 Å². The number of nitrogens with two attached hydrogens (primary N) is 1. The van der Waals surface area contributed by atoms with Crippen molar-refractivity contribution in [1.82, 2.24) is 10.2 Å². The van der Waals surface area contributed by atoms with Gasteiger partial charge in [-0.25, -0.2) is 0 Å². The quantitative estimate of drug-likeness (QED) is 0.422. The van der Waals surface area contributed by atoms with E-state index >= 15 is 0 Å². The van der Waals surface area contributed by atoms with Crippen molar-refractivity contribution in [3.8, 4) is 11.5 Å². The molecule has 222 valence electrons. The number of hydrogen-bond donors (Lipinski definition) is 2. The monoisotopic (exact) mass is 555 g/mol. The van der Waals surface area contributed by atoms with Crippen molar-refractivity contribution < 1.29 is 23.9 Å². The number of carbonyl (C=O) groups excluding carboxylic acids is 3. The molecule has 1 aromatic carbocycles. The lowest BCUT2D eigenvalue weighted by atomic mass is 9.75. The number of hydrogen-bond acceptors (Lipinski definition) is 5. The molecule has 40 heavy (non-hydrogen) atoms. The first-order valence-corrected chi connectivity index (χ1v) is 15.5. The number of carbonyl (C=O) groups is 3. The molecule has 0 aromatic heterocycles. The van der Waals surface area contributed by atoms with Gasteiger partial charge in [0, 0.05) is 6.54 Å². The molecule has 3 amide bonds. The Balaban J connectivity index is 1.59. The number of benzene rings is 1. The minimum atomic E-state index is -0.697. The van der Waals surface area contributed by atoms with E-state index < -0.39 is 18.0 Å². The molecule has 1 heterocycles. The van der Waals surface area contributed by atoms with Gasteiger partial charge < -0.3 is 25.4 Å². The van der Waals surface area contributed by atoms with Crippen molar-refractivity contribution in [3.63, 3.8) is 0 Å². The molecule has 1 aromatic rings. The maximum Gasteiger partial charge on any atom is 0.243 e. The molecule has 3 aliphatic rings. The first kappa shape index (κ1) is 30.2. The number of amides is 3. The van der Waals surface area contributed by atoms with Crippen LogP contribution in [0.1, 0.15) is 107 Å². The summed E-state index contributed by atoms with van der Waals surface area (Å²) in [6.07, 6.45) is 14.0. The number of rotatable bonds is 10. The molecular formula is C32H49N3O5. The van der Waals surface area contributed by atoms with Gasteiger partial charge in [0.25, 0.3) is 0 Å². The standard InChI is InChI=1S/C32H49N3O5/c1-21-18-24(20-27(39-2)29(21)40-3)28(23-14-8-5-9-15-23)32(38)35-17-11-10-16-26(35)31(37)34-25(30(33)36)19-22-12-6-4-7-13-22/h18,20,22-23,25-26,28H,4-17,19H2,1-3H3,(H2,33,36)(H,34,37)/t25-,26-,28-/m0/s1. The van der Waals surface area contributed by atoms with Gasteiger partial charge in [0.05, 0.1) is 20.1 Å². The zero-order chi connectivity index (χ0) is 28.6. The van der Waals surface area contributed by atoms with E-state index in [1.165, 1.54) is 12.8 Å². The maximum atomic E-state index is 14.5. The zero-order valence-electron chi connectivity index (χ0n) is 24.7. The molecule has 0 bridgehead atoms. The van der Waals surface area contributed by atoms with Gasteiger partial charge in [-0.2, -0.15) is 0 Å². The Kier molecular flexibility index (Phi) is 10.7. The van der Waals surface area contributed by atoms with Gasteiger partial charge in [-0.3, -0.25) is 14.4 Å². The summed E-state index contributed by atoms with van der Waals surface area (Å²) in [6.45, 7) is 2.51. The summed E-state index contributed by atoms with van der Waals surface area (Å²) < 4.78 is 11.2. The molecule has 1 saturated heterocycles. The van der Waals surface area contributed by atoms with Gasteiger partial charge >= 0.3 is 0 Å². The second-order valence-corrected chi connectivity index (χ2v) is 12.2. The number of likely N-dealkylation sites (tertiary alicyclic amines) is 1. The molecule has 3 N–H and O–H groups in total. The number of nitrogens with zero attached hydrogens (tertiary/aromatic N) is 1. The van der Waals surface area contributed by atoms with Crippen LogP contribution in [0.4, 0.5) is 0 Å². The summed E-state index contributed by atoms with van der Waals surface area (Å²) in [5, 5.41) is 2.98. The van der Waals surface area contributed by atoms with Crippen LogP contribution in [-0.2, 0) is 14.4 Å². The van der Waals surface area contributed by atoms with E-state index in [-0.39, 0.29) is 23.7 Å². The van der Waals surface area contributed by atoms with Crippen LogP contribution in [0.25, 0.3) is 0 Å². The van der Waals surface area contributed by atoms with Crippen molar-refractivity contribution >= 4 is 17.7 Å². The van der Waals surface area contributed by atoms with E-state index in [0.717, 1.165) is 75.3 Å². The molecule has 3 fully saturated rings. The Bertz CT molecular complexity index is 1030. The van der Waals surface area contributed by atoms with Crippen molar-refractivity contribution in [2.45, 2.75) is 115 Å². The average molecular weight is 556 g/mol. The van der Waals surface area contributed by atoms with Crippen molar-refractivity contribution in [2.75, 3.05) is 20.8 Å². The minimum absolute atomic E-state index is 0.00118. The summed E-state index contributed by atoms with van der Waals surface area (Å²) in [7, 11) is 3.24. The predicted octanol–water partition coefficient (Wildman–Crippen LogP) is 5.00. The van der Waals surface area contributed by atoms with Crippen LogP contribution < -0.4 is 20.5 Å². The van der Waals surface area contributed by atoms with E-state index in [9.17, 15) is 14.4 Å². The number of aryl methyl sites for hydroxylation is 1. The fourth-order valence-electron chi connectivity index (χ4n) is 7.36. The number of primary amides is 1. The second-order valence-electron chi connectivity index (χ2n) is 12.2. The van der Waals surface area contributed by atoms with Gasteiger partial charge in [-0.15, -0.1) is 0 Å². The second kappa shape index (κ2) is 14.2. The Labute approximate surface area is 239 Å². The fraction of sp³-hybridized carbons (Fsp3) is 0.719. The van der Waals surface area contributed by atoms with E-state index in [4.69, 9.17) is 15.2 Å². The summed E-state index contributed by atoms with van der Waals surface area (Å²) >= 11 is 0. The fourth-order valence-corrected chi connectivity index (χ4v) is 7.36. The van der Waals surface area contributed by atoms with Crippen LogP contribution in [0.15, 0.2) is 12.1 Å². The normalized spacial score (nSPS) is 22.3. The molecule has 0 radical (unpaired) electrons. The molecule has 2 saturated carbocycles. The summed E-state index contributed by atoms with van der Waals surface area (Å²) in [6, 6.07) is 2.69. The highest BCUT2D eigenvalue weighted by molar-refractivity contribution is 5.93. The third-order valence-corrected chi connectivity index (χ3v) is 9.48. The largest absolute Gasteiger partial charge is 0.493 e. The van der Waals surface area contributed by atoms with Crippen molar-refractivity contribution in [2.24, 2.45) is 17.6 Å². The van der Waals surface area contributed by atoms with Crippen LogP contribution in [0.2, 0.25) is 0 Å². The van der Waals surface area contributed by atoms with Crippen LogP contribution in [0.5, 0.6) is 11.5 Å². The highest BCUT2D eigenvalue weighted by atomic mass is 16.5. The van der Waals surface area contributed by atoms with Gasteiger partial charge in [-0.1, -0.05) is 57.4 Å². The first-order valence-electron chi connectivity index (χ1n) is 15.5. The van der Waals surface area contributed by atoms with E-state index in [1.807, 2.05) is 19.1 Å². The van der Waals surface area contributed by atoms with Crippen LogP contribution in [0, 0.1) is 18.8 Å². The van der Waals surface area contributed by atoms with Crippen LogP contribution in [0.3, 0.4) is 0 Å². The van der Waals surface area contributed by atoms with Crippen LogP contribution >= 0.6 is 0 Å². The third kappa shape index (κ3) is 7.10. The van der Waals surface area contributed by atoms with Gasteiger partial charge in [0.1, 0.15) is 12.1 Å². The summed E-state index contributed by atoms with van der Waals surface area (Å²) in [5.74, 6) is 0.793. The molecule has 8 heteroatoms. The van der Waals surface area contributed by atoms with Gasteiger partial charge in [-0.05, 0) is 74.5 Å². The minimum Gasteiger partial charge on any atom is -0.493 e. The Morgan fingerprint density at radius 3 is 2.20 bits per heavy atom. The van der Waals surface area contributed by atoms with Gasteiger partial charge in [0.15, 0.2) is 11.5 Å². The molecular weight excluding hydrogens is 506 g/mol. The van der Waals surface area contributed by atoms with Crippen LogP contribution in [-0.4, -0.2) is 55.5 Å².